The fraction of sp³-hybridized carbons (Fsp3) is 0.333. The van der Waals surface area contributed by atoms with Crippen molar-refractivity contribution < 1.29 is 9.84 Å². The zero-order valence-corrected chi connectivity index (χ0v) is 10.3. The van der Waals surface area contributed by atoms with Crippen molar-refractivity contribution in [3.05, 3.63) is 40.9 Å². The Morgan fingerprint density at radius 3 is 2.93 bits per heavy atom. The van der Waals surface area contributed by atoms with Gasteiger partial charge in [-0.15, -0.1) is 6.58 Å². The van der Waals surface area contributed by atoms with Crippen molar-refractivity contribution in [2.24, 2.45) is 0 Å². The van der Waals surface area contributed by atoms with E-state index in [9.17, 15) is 5.11 Å². The maximum Gasteiger partial charge on any atom is 0.126 e. The normalized spacial score (nSPS) is 12.2. The van der Waals surface area contributed by atoms with Gasteiger partial charge in [0.15, 0.2) is 0 Å². The predicted molar refractivity (Wildman–Crippen MR) is 65.1 cm³/mol. The van der Waals surface area contributed by atoms with Crippen molar-refractivity contribution in [3.8, 4) is 5.75 Å². The van der Waals surface area contributed by atoms with Crippen LogP contribution < -0.4 is 4.74 Å². The summed E-state index contributed by atoms with van der Waals surface area (Å²) < 4.78 is 6.50. The molecular formula is C12H15BrO2. The molecule has 0 aliphatic rings. The second-order valence-corrected chi connectivity index (χ2v) is 4.20. The summed E-state index contributed by atoms with van der Waals surface area (Å²) in [6.07, 6.45) is 2.09. The number of ether oxygens (including phenoxy) is 1. The maximum atomic E-state index is 9.54. The van der Waals surface area contributed by atoms with Gasteiger partial charge in [0.05, 0.1) is 12.7 Å². The quantitative estimate of drug-likeness (QED) is 0.656. The Morgan fingerprint density at radius 2 is 2.33 bits per heavy atom. The van der Waals surface area contributed by atoms with Crippen molar-refractivity contribution in [1.82, 2.24) is 0 Å². The van der Waals surface area contributed by atoms with Crippen molar-refractivity contribution in [1.29, 1.82) is 0 Å². The Kier molecular flexibility index (Phi) is 4.85. The first-order valence-corrected chi connectivity index (χ1v) is 5.65. The molecule has 0 aliphatic heterocycles. The molecule has 0 heterocycles. The zero-order chi connectivity index (χ0) is 11.3. The van der Waals surface area contributed by atoms with Gasteiger partial charge in [0, 0.05) is 10.0 Å². The fourth-order valence-electron chi connectivity index (χ4n) is 1.23. The van der Waals surface area contributed by atoms with Crippen LogP contribution in [-0.2, 0) is 0 Å². The van der Waals surface area contributed by atoms with Crippen LogP contribution in [0.3, 0.4) is 0 Å². The monoisotopic (exact) mass is 270 g/mol. The van der Waals surface area contributed by atoms with Crippen LogP contribution in [-0.4, -0.2) is 11.7 Å². The van der Waals surface area contributed by atoms with Gasteiger partial charge in [0.1, 0.15) is 5.75 Å². The van der Waals surface area contributed by atoms with Gasteiger partial charge in [0.2, 0.25) is 0 Å². The molecule has 0 unspecified atom stereocenters. The fourth-order valence-corrected chi connectivity index (χ4v) is 1.57. The second kappa shape index (κ2) is 5.93. The van der Waals surface area contributed by atoms with Crippen LogP contribution in [0.2, 0.25) is 0 Å². The summed E-state index contributed by atoms with van der Waals surface area (Å²) in [5.41, 5.74) is 0.808. The molecular weight excluding hydrogens is 256 g/mol. The predicted octanol–water partition coefficient (Wildman–Crippen LogP) is 3.46. The highest BCUT2D eigenvalue weighted by atomic mass is 79.9. The van der Waals surface area contributed by atoms with Gasteiger partial charge >= 0.3 is 0 Å². The molecule has 3 heteroatoms. The van der Waals surface area contributed by atoms with Crippen LogP contribution in [0.25, 0.3) is 0 Å². The first kappa shape index (κ1) is 12.3. The Hall–Kier alpha value is -0.800. The molecule has 82 valence electrons. The van der Waals surface area contributed by atoms with Crippen molar-refractivity contribution >= 4 is 15.9 Å². The minimum absolute atomic E-state index is 0.517. The topological polar surface area (TPSA) is 29.5 Å². The highest BCUT2D eigenvalue weighted by Crippen LogP contribution is 2.28. The highest BCUT2D eigenvalue weighted by molar-refractivity contribution is 9.10. The van der Waals surface area contributed by atoms with Crippen LogP contribution in [0.15, 0.2) is 35.3 Å². The van der Waals surface area contributed by atoms with Crippen molar-refractivity contribution in [2.45, 2.75) is 19.4 Å². The van der Waals surface area contributed by atoms with E-state index in [1.54, 1.807) is 13.0 Å². The number of halogens is 1. The molecule has 15 heavy (non-hydrogen) atoms. The van der Waals surface area contributed by atoms with E-state index in [0.717, 1.165) is 22.2 Å². The molecule has 0 amide bonds. The number of hydrogen-bond donors (Lipinski definition) is 1. The lowest BCUT2D eigenvalue weighted by atomic mass is 10.1. The smallest absolute Gasteiger partial charge is 0.126 e. The van der Waals surface area contributed by atoms with Gasteiger partial charge in [0.25, 0.3) is 0 Å². The minimum atomic E-state index is -0.517. The van der Waals surface area contributed by atoms with E-state index >= 15 is 0 Å². The first-order valence-electron chi connectivity index (χ1n) is 4.86. The summed E-state index contributed by atoms with van der Waals surface area (Å²) in [6, 6.07) is 5.62. The molecule has 0 saturated carbocycles. The summed E-state index contributed by atoms with van der Waals surface area (Å²) in [6.45, 7) is 5.94. The van der Waals surface area contributed by atoms with E-state index in [1.807, 2.05) is 18.2 Å². The summed E-state index contributed by atoms with van der Waals surface area (Å²) in [4.78, 5) is 0. The molecule has 0 aromatic heterocycles. The third-order valence-corrected chi connectivity index (χ3v) is 2.50. The average molecular weight is 271 g/mol. The summed E-state index contributed by atoms with van der Waals surface area (Å²) in [5, 5.41) is 9.54. The Balaban J connectivity index is 2.82. The molecule has 2 nitrogen and oxygen atoms in total. The molecule has 0 bridgehead atoms. The second-order valence-electron chi connectivity index (χ2n) is 3.28. The first-order chi connectivity index (χ1) is 7.15. The van der Waals surface area contributed by atoms with E-state index < -0.39 is 6.10 Å². The summed E-state index contributed by atoms with van der Waals surface area (Å²) in [7, 11) is 0. The molecule has 0 radical (unpaired) electrons. The van der Waals surface area contributed by atoms with Crippen LogP contribution in [0, 0.1) is 0 Å². The molecule has 0 aliphatic carbocycles. The Bertz CT molecular complexity index is 334. The maximum absolute atomic E-state index is 9.54. The number of hydrogen-bond acceptors (Lipinski definition) is 2. The Morgan fingerprint density at radius 1 is 1.60 bits per heavy atom. The number of aliphatic hydroxyl groups is 1. The van der Waals surface area contributed by atoms with Gasteiger partial charge < -0.3 is 9.84 Å². The lowest BCUT2D eigenvalue weighted by Gasteiger charge is -2.13. The van der Waals surface area contributed by atoms with Crippen LogP contribution in [0.4, 0.5) is 0 Å². The van der Waals surface area contributed by atoms with E-state index in [-0.39, 0.29) is 0 Å². The van der Waals surface area contributed by atoms with Gasteiger partial charge in [-0.3, -0.25) is 0 Å². The SMILES string of the molecule is C=CCCOc1cc(Br)ccc1[C@H](C)O. The van der Waals surface area contributed by atoms with Crippen molar-refractivity contribution in [2.75, 3.05) is 6.61 Å². The average Bonchev–Trinajstić information content (AvgIpc) is 2.18. The number of benzene rings is 1. The van der Waals surface area contributed by atoms with E-state index in [2.05, 4.69) is 22.5 Å². The third-order valence-electron chi connectivity index (χ3n) is 2.01. The van der Waals surface area contributed by atoms with E-state index in [0.29, 0.717) is 6.61 Å². The molecule has 1 atom stereocenters. The standard InChI is InChI=1S/C12H15BrO2/c1-3-4-7-15-12-8-10(13)5-6-11(12)9(2)14/h3,5-6,8-9,14H,1,4,7H2,2H3/t9-/m0/s1. The molecule has 0 fully saturated rings. The molecule has 1 rings (SSSR count). The zero-order valence-electron chi connectivity index (χ0n) is 8.74. The number of rotatable bonds is 5. The van der Waals surface area contributed by atoms with E-state index in [4.69, 9.17) is 4.74 Å². The molecule has 1 aromatic rings. The summed E-state index contributed by atoms with van der Waals surface area (Å²) in [5.74, 6) is 0.723. The molecule has 0 spiro atoms. The van der Waals surface area contributed by atoms with Gasteiger partial charge in [-0.2, -0.15) is 0 Å². The minimum Gasteiger partial charge on any atom is -0.493 e. The molecule has 1 N–H and O–H groups in total. The third kappa shape index (κ3) is 3.68. The lowest BCUT2D eigenvalue weighted by molar-refractivity contribution is 0.191. The van der Waals surface area contributed by atoms with Crippen molar-refractivity contribution in [3.63, 3.8) is 0 Å². The van der Waals surface area contributed by atoms with Gasteiger partial charge in [-0.05, 0) is 25.5 Å². The van der Waals surface area contributed by atoms with Gasteiger partial charge in [-0.25, -0.2) is 0 Å². The lowest BCUT2D eigenvalue weighted by Crippen LogP contribution is -2.01. The van der Waals surface area contributed by atoms with Crippen LogP contribution in [0.5, 0.6) is 5.75 Å². The number of aliphatic hydroxyl groups excluding tert-OH is 1. The molecule has 0 saturated heterocycles. The van der Waals surface area contributed by atoms with Crippen LogP contribution >= 0.6 is 15.9 Å². The van der Waals surface area contributed by atoms with E-state index in [1.165, 1.54) is 0 Å². The van der Waals surface area contributed by atoms with Crippen LogP contribution in [0.1, 0.15) is 25.0 Å². The Labute approximate surface area is 98.7 Å². The molecule has 1 aromatic carbocycles. The highest BCUT2D eigenvalue weighted by Gasteiger charge is 2.09. The summed E-state index contributed by atoms with van der Waals surface area (Å²) >= 11 is 3.37. The largest absolute Gasteiger partial charge is 0.493 e. The van der Waals surface area contributed by atoms with Gasteiger partial charge in [-0.1, -0.05) is 28.1 Å².